The fraction of sp³-hybridized carbons (Fsp3) is 0.286. The summed E-state index contributed by atoms with van der Waals surface area (Å²) in [7, 11) is 0. The minimum absolute atomic E-state index is 0.247. The number of carbonyl (C=O) groups excluding carboxylic acids is 1. The van der Waals surface area contributed by atoms with Gasteiger partial charge in [-0.3, -0.25) is 9.78 Å². The molecule has 0 atom stereocenters. The van der Waals surface area contributed by atoms with E-state index in [9.17, 15) is 4.79 Å². The third kappa shape index (κ3) is 3.16. The molecule has 2 heteroatoms. The average molecular weight is 213 g/mol. The molecule has 1 aromatic rings. The average Bonchev–Trinajstić information content (AvgIpc) is 2.27. The second kappa shape index (κ2) is 5.40. The van der Waals surface area contributed by atoms with E-state index < -0.39 is 0 Å². The van der Waals surface area contributed by atoms with Crippen LogP contribution in [-0.2, 0) is 4.79 Å². The minimum atomic E-state index is 0.247. The van der Waals surface area contributed by atoms with Gasteiger partial charge in [-0.15, -0.1) is 0 Å². The van der Waals surface area contributed by atoms with E-state index in [4.69, 9.17) is 0 Å². The molecule has 0 aliphatic heterocycles. The van der Waals surface area contributed by atoms with Gasteiger partial charge < -0.3 is 0 Å². The van der Waals surface area contributed by atoms with Crippen LogP contribution in [0.15, 0.2) is 42.1 Å². The lowest BCUT2D eigenvalue weighted by Gasteiger charge is -2.07. The van der Waals surface area contributed by atoms with Gasteiger partial charge in [0.1, 0.15) is 0 Å². The van der Waals surface area contributed by atoms with Crippen molar-refractivity contribution in [2.75, 3.05) is 0 Å². The Bertz CT molecular complexity index is 418. The van der Waals surface area contributed by atoms with Crippen molar-refractivity contribution in [2.45, 2.75) is 25.7 Å². The lowest BCUT2D eigenvalue weighted by Crippen LogP contribution is -1.97. The molecule has 0 N–H and O–H groups in total. The van der Waals surface area contributed by atoms with E-state index in [0.717, 1.165) is 25.0 Å². The highest BCUT2D eigenvalue weighted by Gasteiger charge is 2.04. The third-order valence-electron chi connectivity index (χ3n) is 2.64. The zero-order valence-corrected chi connectivity index (χ0v) is 9.23. The van der Waals surface area contributed by atoms with Crippen LogP contribution in [0, 0.1) is 0 Å². The molecule has 0 unspecified atom stereocenters. The van der Waals surface area contributed by atoms with Crippen molar-refractivity contribution < 1.29 is 4.79 Å². The number of carbonyl (C=O) groups is 1. The normalized spacial score (nSPS) is 21.5. The van der Waals surface area contributed by atoms with Gasteiger partial charge in [0, 0.05) is 12.6 Å². The molecule has 0 saturated heterocycles. The van der Waals surface area contributed by atoms with E-state index in [1.807, 2.05) is 24.3 Å². The Balaban J connectivity index is 2.12. The van der Waals surface area contributed by atoms with Crippen molar-refractivity contribution >= 4 is 11.9 Å². The van der Waals surface area contributed by atoms with E-state index in [1.54, 1.807) is 12.3 Å². The Kier molecular flexibility index (Phi) is 3.65. The van der Waals surface area contributed by atoms with Crippen LogP contribution in [-0.4, -0.2) is 10.8 Å². The van der Waals surface area contributed by atoms with Crippen LogP contribution in [0.3, 0.4) is 0 Å². The molecule has 0 fully saturated rings. The molecular weight excluding hydrogens is 198 g/mol. The van der Waals surface area contributed by atoms with Crippen LogP contribution >= 0.6 is 0 Å². The van der Waals surface area contributed by atoms with E-state index in [1.165, 1.54) is 5.57 Å². The molecule has 0 radical (unpaired) electrons. The van der Waals surface area contributed by atoms with Gasteiger partial charge in [0.25, 0.3) is 0 Å². The molecule has 1 heterocycles. The van der Waals surface area contributed by atoms with Gasteiger partial charge in [-0.05, 0) is 43.5 Å². The molecule has 0 saturated carbocycles. The highest BCUT2D eigenvalue weighted by molar-refractivity contribution is 5.89. The Hall–Kier alpha value is -1.70. The topological polar surface area (TPSA) is 30.0 Å². The smallest absolute Gasteiger partial charge is 0.155 e. The molecule has 0 aromatic carbocycles. The fourth-order valence-corrected chi connectivity index (χ4v) is 1.82. The van der Waals surface area contributed by atoms with Crippen LogP contribution in [0.2, 0.25) is 0 Å². The Labute approximate surface area is 95.7 Å². The lowest BCUT2D eigenvalue weighted by atomic mass is 9.99. The minimum Gasteiger partial charge on any atom is -0.295 e. The van der Waals surface area contributed by atoms with Gasteiger partial charge in [0.2, 0.25) is 0 Å². The first-order valence-electron chi connectivity index (χ1n) is 5.64. The molecule has 1 aromatic heterocycles. The summed E-state index contributed by atoms with van der Waals surface area (Å²) in [6, 6.07) is 5.90. The predicted octanol–water partition coefficient (Wildman–Crippen LogP) is 3.16. The molecule has 0 spiro atoms. The summed E-state index contributed by atoms with van der Waals surface area (Å²) in [5, 5.41) is 0. The van der Waals surface area contributed by atoms with Gasteiger partial charge in [-0.2, -0.15) is 0 Å². The number of pyridine rings is 1. The monoisotopic (exact) mass is 213 g/mol. The summed E-state index contributed by atoms with van der Waals surface area (Å²) in [5.74, 6) is 0.247. The van der Waals surface area contributed by atoms with Gasteiger partial charge in [-0.25, -0.2) is 0 Å². The zero-order valence-electron chi connectivity index (χ0n) is 9.23. The number of rotatable bonds is 1. The van der Waals surface area contributed by atoms with Crippen molar-refractivity contribution in [3.8, 4) is 0 Å². The third-order valence-corrected chi connectivity index (χ3v) is 2.64. The summed E-state index contributed by atoms with van der Waals surface area (Å²) < 4.78 is 0. The summed E-state index contributed by atoms with van der Waals surface area (Å²) in [6.45, 7) is 0. The Morgan fingerprint density at radius 1 is 1.25 bits per heavy atom. The zero-order chi connectivity index (χ0) is 11.2. The summed E-state index contributed by atoms with van der Waals surface area (Å²) in [5.41, 5.74) is 2.35. The highest BCUT2D eigenvalue weighted by Crippen LogP contribution is 2.18. The van der Waals surface area contributed by atoms with E-state index in [2.05, 4.69) is 11.1 Å². The summed E-state index contributed by atoms with van der Waals surface area (Å²) in [4.78, 5) is 15.5. The SMILES string of the molecule is O=C1/C=C\C/C(=C\c2ccccn2)CCC1. The molecule has 0 bridgehead atoms. The Morgan fingerprint density at radius 2 is 2.19 bits per heavy atom. The van der Waals surface area contributed by atoms with Gasteiger partial charge >= 0.3 is 0 Å². The van der Waals surface area contributed by atoms with Crippen molar-refractivity contribution in [1.82, 2.24) is 4.98 Å². The van der Waals surface area contributed by atoms with E-state index in [0.29, 0.717) is 6.42 Å². The van der Waals surface area contributed by atoms with Gasteiger partial charge in [-0.1, -0.05) is 17.7 Å². The van der Waals surface area contributed by atoms with Crippen molar-refractivity contribution in [3.63, 3.8) is 0 Å². The second-order valence-electron chi connectivity index (χ2n) is 3.98. The molecule has 1 aliphatic rings. The largest absolute Gasteiger partial charge is 0.295 e. The van der Waals surface area contributed by atoms with Crippen molar-refractivity contribution in [2.24, 2.45) is 0 Å². The number of allylic oxidation sites excluding steroid dienone is 3. The van der Waals surface area contributed by atoms with Crippen molar-refractivity contribution in [1.29, 1.82) is 0 Å². The molecule has 16 heavy (non-hydrogen) atoms. The maximum Gasteiger partial charge on any atom is 0.155 e. The highest BCUT2D eigenvalue weighted by atomic mass is 16.1. The predicted molar refractivity (Wildman–Crippen MR) is 64.8 cm³/mol. The van der Waals surface area contributed by atoms with Gasteiger partial charge in [0.05, 0.1) is 5.69 Å². The molecule has 2 nitrogen and oxygen atoms in total. The van der Waals surface area contributed by atoms with Crippen LogP contribution in [0.4, 0.5) is 0 Å². The van der Waals surface area contributed by atoms with Gasteiger partial charge in [0.15, 0.2) is 5.78 Å². The maximum absolute atomic E-state index is 11.2. The first kappa shape index (κ1) is 10.8. The van der Waals surface area contributed by atoms with Crippen LogP contribution in [0.5, 0.6) is 0 Å². The Morgan fingerprint density at radius 3 is 3.00 bits per heavy atom. The van der Waals surface area contributed by atoms with Crippen LogP contribution in [0.25, 0.3) is 6.08 Å². The standard InChI is InChI=1S/C14H15NO/c16-14-8-3-5-12(6-4-9-14)11-13-7-1-2-10-15-13/h1-3,7-8,10-11H,4-6,9H2/b8-3-,12-11+. The fourth-order valence-electron chi connectivity index (χ4n) is 1.82. The second-order valence-corrected chi connectivity index (χ2v) is 3.98. The molecule has 0 amide bonds. The van der Waals surface area contributed by atoms with Crippen LogP contribution < -0.4 is 0 Å². The first-order valence-corrected chi connectivity index (χ1v) is 5.64. The molecule has 1 aliphatic carbocycles. The first-order chi connectivity index (χ1) is 7.84. The summed E-state index contributed by atoms with van der Waals surface area (Å²) in [6.07, 6.45) is 11.0. The molecule has 82 valence electrons. The number of aromatic nitrogens is 1. The quantitative estimate of drug-likeness (QED) is 0.717. The summed E-state index contributed by atoms with van der Waals surface area (Å²) >= 11 is 0. The van der Waals surface area contributed by atoms with Crippen LogP contribution in [0.1, 0.15) is 31.4 Å². The molecular formula is C14H15NO. The lowest BCUT2D eigenvalue weighted by molar-refractivity contribution is -0.114. The van der Waals surface area contributed by atoms with Crippen molar-refractivity contribution in [3.05, 3.63) is 47.8 Å². The van der Waals surface area contributed by atoms with E-state index in [-0.39, 0.29) is 5.78 Å². The molecule has 2 rings (SSSR count). The number of hydrogen-bond acceptors (Lipinski definition) is 2. The maximum atomic E-state index is 11.2. The number of ketones is 1. The number of nitrogens with zero attached hydrogens (tertiary/aromatic N) is 1. The number of hydrogen-bond donors (Lipinski definition) is 0. The van der Waals surface area contributed by atoms with E-state index >= 15 is 0 Å².